The Morgan fingerprint density at radius 1 is 0.877 bits per heavy atom. The van der Waals surface area contributed by atoms with Crippen molar-refractivity contribution in [3.8, 4) is 5.75 Å². The first-order valence-electron chi connectivity index (χ1n) is 19.6. The smallest absolute Gasteiger partial charge is 0.262 e. The molecule has 2 aromatic carbocycles. The standard InChI is InChI=1S/C41H43N9O7/c1-23(2)57-34-20-29-24(18-32(34)44-37(52)31-21-43-49-13-3-12-42-36(31)49)22-48(39(29)54)26-10-16-46(17-11-26)25-8-14-47(15-9-25)27-4-5-28-30(19-27)41(56)50(40(28)55)33-6-7-35(51)45-38(33)53/h3-5,12-13,18-21,23,25-26,33H,6-11,14-17,22H2,1-2H3,(H,44,52)(H,45,51,53). The van der Waals surface area contributed by atoms with Crippen LogP contribution in [0.3, 0.4) is 0 Å². The Morgan fingerprint density at radius 2 is 1.63 bits per heavy atom. The van der Waals surface area contributed by atoms with Gasteiger partial charge in [0, 0.05) is 74.9 Å². The van der Waals surface area contributed by atoms with Gasteiger partial charge in [0.2, 0.25) is 11.8 Å². The second-order valence-electron chi connectivity index (χ2n) is 15.7. The first kappa shape index (κ1) is 36.5. The summed E-state index contributed by atoms with van der Waals surface area (Å²) in [5, 5.41) is 9.46. The normalized spacial score (nSPS) is 20.8. The van der Waals surface area contributed by atoms with Crippen molar-refractivity contribution in [2.45, 2.75) is 83.1 Å². The molecule has 294 valence electrons. The van der Waals surface area contributed by atoms with Gasteiger partial charge in [-0.3, -0.25) is 39.0 Å². The summed E-state index contributed by atoms with van der Waals surface area (Å²) in [4.78, 5) is 90.0. The van der Waals surface area contributed by atoms with Crippen LogP contribution in [0.25, 0.3) is 5.65 Å². The van der Waals surface area contributed by atoms with Gasteiger partial charge < -0.3 is 24.8 Å². The first-order valence-corrected chi connectivity index (χ1v) is 19.6. The summed E-state index contributed by atoms with van der Waals surface area (Å²) >= 11 is 0. The molecule has 1 atom stereocenters. The Bertz CT molecular complexity index is 2340. The Hall–Kier alpha value is -6.16. The van der Waals surface area contributed by atoms with E-state index in [-0.39, 0.29) is 47.9 Å². The van der Waals surface area contributed by atoms with E-state index >= 15 is 0 Å². The number of fused-ring (bicyclic) bond motifs is 3. The lowest BCUT2D eigenvalue weighted by Crippen LogP contribution is -2.54. The third-order valence-corrected chi connectivity index (χ3v) is 11.9. The fourth-order valence-electron chi connectivity index (χ4n) is 8.99. The maximum Gasteiger partial charge on any atom is 0.262 e. The third kappa shape index (κ3) is 6.56. The molecule has 57 heavy (non-hydrogen) atoms. The molecular weight excluding hydrogens is 731 g/mol. The largest absolute Gasteiger partial charge is 0.489 e. The van der Waals surface area contributed by atoms with Gasteiger partial charge in [0.1, 0.15) is 17.4 Å². The quantitative estimate of drug-likeness (QED) is 0.251. The van der Waals surface area contributed by atoms with Crippen molar-refractivity contribution in [2.75, 3.05) is 36.4 Å². The van der Waals surface area contributed by atoms with Crippen molar-refractivity contribution >= 4 is 52.5 Å². The van der Waals surface area contributed by atoms with Gasteiger partial charge in [-0.1, -0.05) is 0 Å². The lowest BCUT2D eigenvalue weighted by molar-refractivity contribution is -0.136. The number of nitrogens with one attached hydrogen (secondary N) is 2. The fourth-order valence-corrected chi connectivity index (χ4v) is 8.99. The van der Waals surface area contributed by atoms with Gasteiger partial charge in [0.05, 0.1) is 29.1 Å². The van der Waals surface area contributed by atoms with Crippen molar-refractivity contribution in [3.63, 3.8) is 0 Å². The molecule has 2 aromatic heterocycles. The SMILES string of the molecule is CC(C)Oc1cc2c(cc1NC(=O)c1cnn3cccnc13)CN(C1CCN(C3CCN(c4ccc5c(c4)C(=O)N(C4CCC(=O)NC4=O)C5=O)CC3)CC1)C2=O. The van der Waals surface area contributed by atoms with Gasteiger partial charge in [-0.2, -0.15) is 5.10 Å². The topological polar surface area (TPSA) is 179 Å². The summed E-state index contributed by atoms with van der Waals surface area (Å²) in [5.41, 5.74) is 4.14. The highest BCUT2D eigenvalue weighted by atomic mass is 16.5. The van der Waals surface area contributed by atoms with E-state index in [0.29, 0.717) is 40.8 Å². The number of hydrogen-bond acceptors (Lipinski definition) is 11. The van der Waals surface area contributed by atoms with Gasteiger partial charge in [0.15, 0.2) is 5.65 Å². The van der Waals surface area contributed by atoms with Crippen LogP contribution in [0.4, 0.5) is 11.4 Å². The van der Waals surface area contributed by atoms with Crippen LogP contribution in [0.1, 0.15) is 99.4 Å². The minimum Gasteiger partial charge on any atom is -0.489 e. The molecule has 0 radical (unpaired) electrons. The summed E-state index contributed by atoms with van der Waals surface area (Å²) in [6, 6.07) is 10.1. The molecule has 3 fully saturated rings. The number of aromatic nitrogens is 3. The molecule has 7 heterocycles. The maximum atomic E-state index is 13.9. The predicted molar refractivity (Wildman–Crippen MR) is 206 cm³/mol. The molecule has 2 N–H and O–H groups in total. The van der Waals surface area contributed by atoms with Crippen LogP contribution < -0.4 is 20.3 Å². The van der Waals surface area contributed by atoms with E-state index < -0.39 is 29.7 Å². The number of amides is 6. The van der Waals surface area contributed by atoms with Crippen molar-refractivity contribution < 1.29 is 33.5 Å². The molecule has 5 aliphatic heterocycles. The number of nitrogens with zero attached hydrogens (tertiary/aromatic N) is 7. The minimum atomic E-state index is -0.991. The van der Waals surface area contributed by atoms with Gasteiger partial charge in [-0.15, -0.1) is 0 Å². The van der Waals surface area contributed by atoms with Gasteiger partial charge in [0.25, 0.3) is 23.6 Å². The van der Waals surface area contributed by atoms with E-state index in [1.54, 1.807) is 41.2 Å². The summed E-state index contributed by atoms with van der Waals surface area (Å²) < 4.78 is 7.64. The molecule has 16 heteroatoms. The predicted octanol–water partition coefficient (Wildman–Crippen LogP) is 3.26. The van der Waals surface area contributed by atoms with Gasteiger partial charge in [-0.05, 0) is 87.9 Å². The zero-order valence-corrected chi connectivity index (χ0v) is 31.8. The first-order chi connectivity index (χ1) is 27.5. The Balaban J connectivity index is 0.811. The molecule has 4 aromatic rings. The number of imide groups is 2. The number of piperidine rings is 3. The summed E-state index contributed by atoms with van der Waals surface area (Å²) in [5.74, 6) is -1.98. The zero-order valence-electron chi connectivity index (χ0n) is 31.8. The highest BCUT2D eigenvalue weighted by Gasteiger charge is 2.45. The Labute approximate surface area is 328 Å². The van der Waals surface area contributed by atoms with E-state index in [4.69, 9.17) is 4.74 Å². The van der Waals surface area contributed by atoms with Crippen LogP contribution in [0.5, 0.6) is 5.75 Å². The van der Waals surface area contributed by atoms with Crippen LogP contribution in [0, 0.1) is 0 Å². The van der Waals surface area contributed by atoms with Crippen molar-refractivity contribution in [3.05, 3.63) is 82.8 Å². The number of carbonyl (C=O) groups is 6. The minimum absolute atomic E-state index is 0.0233. The van der Waals surface area contributed by atoms with Crippen LogP contribution in [0.2, 0.25) is 0 Å². The highest BCUT2D eigenvalue weighted by Crippen LogP contribution is 2.38. The Kier molecular flexibility index (Phi) is 9.22. The van der Waals surface area contributed by atoms with Crippen molar-refractivity contribution in [1.29, 1.82) is 0 Å². The van der Waals surface area contributed by atoms with E-state index in [2.05, 4.69) is 30.5 Å². The zero-order chi connectivity index (χ0) is 39.5. The van der Waals surface area contributed by atoms with Crippen LogP contribution in [-0.2, 0) is 16.1 Å². The number of likely N-dealkylation sites (tertiary alicyclic amines) is 1. The van der Waals surface area contributed by atoms with E-state index in [9.17, 15) is 28.8 Å². The molecule has 0 bridgehead atoms. The molecule has 1 unspecified atom stereocenters. The lowest BCUT2D eigenvalue weighted by Gasteiger charge is -2.43. The monoisotopic (exact) mass is 773 g/mol. The number of carbonyl (C=O) groups excluding carboxylic acids is 6. The molecule has 16 nitrogen and oxygen atoms in total. The number of hydrogen-bond donors (Lipinski definition) is 2. The van der Waals surface area contributed by atoms with Crippen LogP contribution in [0.15, 0.2) is 55.0 Å². The average Bonchev–Trinajstić information content (AvgIpc) is 3.86. The Morgan fingerprint density at radius 3 is 2.39 bits per heavy atom. The molecular formula is C41H43N9O7. The number of rotatable bonds is 8. The molecule has 9 rings (SSSR count). The second kappa shape index (κ2) is 14.4. The van der Waals surface area contributed by atoms with Crippen molar-refractivity contribution in [1.82, 2.24) is 34.6 Å². The summed E-state index contributed by atoms with van der Waals surface area (Å²) in [6.07, 6.45) is 8.42. The van der Waals surface area contributed by atoms with E-state index in [0.717, 1.165) is 68.0 Å². The van der Waals surface area contributed by atoms with Crippen molar-refractivity contribution in [2.24, 2.45) is 0 Å². The summed E-state index contributed by atoms with van der Waals surface area (Å²) in [6.45, 7) is 7.58. The van der Waals surface area contributed by atoms with Gasteiger partial charge >= 0.3 is 0 Å². The molecule has 0 spiro atoms. The molecule has 5 aliphatic rings. The van der Waals surface area contributed by atoms with Crippen LogP contribution in [-0.4, -0.2) is 115 Å². The average molecular weight is 774 g/mol. The van der Waals surface area contributed by atoms with Gasteiger partial charge in [-0.25, -0.2) is 9.50 Å². The second-order valence-corrected chi connectivity index (χ2v) is 15.7. The number of benzene rings is 2. The molecule has 0 aliphatic carbocycles. The fraction of sp³-hybridized carbons (Fsp3) is 0.415. The third-order valence-electron chi connectivity index (χ3n) is 11.9. The molecule has 3 saturated heterocycles. The molecule has 0 saturated carbocycles. The maximum absolute atomic E-state index is 13.9. The highest BCUT2D eigenvalue weighted by molar-refractivity contribution is 6.23. The lowest BCUT2D eigenvalue weighted by atomic mass is 9.96. The van der Waals surface area contributed by atoms with E-state index in [1.807, 2.05) is 30.9 Å². The summed E-state index contributed by atoms with van der Waals surface area (Å²) in [7, 11) is 0. The van der Waals surface area contributed by atoms with Crippen LogP contribution >= 0.6 is 0 Å². The number of anilines is 2. The number of ether oxygens (including phenoxy) is 1. The molecule has 6 amide bonds. The van der Waals surface area contributed by atoms with E-state index in [1.165, 1.54) is 6.20 Å².